The van der Waals surface area contributed by atoms with Crippen molar-refractivity contribution in [2.75, 3.05) is 12.4 Å². The Balaban J connectivity index is 2.23. The van der Waals surface area contributed by atoms with Crippen molar-refractivity contribution in [1.29, 1.82) is 0 Å². The number of amides is 1. The van der Waals surface area contributed by atoms with Crippen LogP contribution in [0.2, 0.25) is 0 Å². The van der Waals surface area contributed by atoms with Gasteiger partial charge in [0.05, 0.1) is 17.3 Å². The molecule has 0 saturated carbocycles. The monoisotopic (exact) mass is 391 g/mol. The number of hydrogen-bond acceptors (Lipinski definition) is 3. The summed E-state index contributed by atoms with van der Waals surface area (Å²) in [4.78, 5) is 11.5. The van der Waals surface area contributed by atoms with Crippen LogP contribution in [0.3, 0.4) is 0 Å². The number of carbonyl (C=O) groups excluding carboxylic acids is 1. The first-order valence-electron chi connectivity index (χ1n) is 7.81. The Morgan fingerprint density at radius 3 is 2.62 bits per heavy atom. The maximum atomic E-state index is 11.5. The minimum absolute atomic E-state index is 0.357. The standard InChI is InChI=1S/C19H22BrNO3/c1-5-14-10-16(20)18(9-13(14)3)24-11-15-12(2)7-6-8-17(15)21-19(22)23-4/h6-10H,5,11H2,1-4H3,(H,21,22). The van der Waals surface area contributed by atoms with E-state index in [1.807, 2.05) is 31.2 Å². The van der Waals surface area contributed by atoms with E-state index in [0.717, 1.165) is 27.8 Å². The lowest BCUT2D eigenvalue weighted by molar-refractivity contribution is 0.187. The van der Waals surface area contributed by atoms with Gasteiger partial charge in [0.2, 0.25) is 0 Å². The molecule has 0 radical (unpaired) electrons. The molecule has 1 N–H and O–H groups in total. The smallest absolute Gasteiger partial charge is 0.411 e. The molecule has 2 aromatic rings. The maximum absolute atomic E-state index is 11.5. The predicted octanol–water partition coefficient (Wildman–Crippen LogP) is 5.39. The second-order valence-electron chi connectivity index (χ2n) is 5.57. The van der Waals surface area contributed by atoms with Crippen LogP contribution in [-0.4, -0.2) is 13.2 Å². The van der Waals surface area contributed by atoms with E-state index < -0.39 is 6.09 Å². The molecule has 1 amide bonds. The quantitative estimate of drug-likeness (QED) is 0.743. The Bertz CT molecular complexity index is 744. The Kier molecular flexibility index (Phi) is 6.26. The molecule has 4 nitrogen and oxygen atoms in total. The summed E-state index contributed by atoms with van der Waals surface area (Å²) in [7, 11) is 1.34. The highest BCUT2D eigenvalue weighted by atomic mass is 79.9. The van der Waals surface area contributed by atoms with Gasteiger partial charge in [0.15, 0.2) is 0 Å². The van der Waals surface area contributed by atoms with Crippen LogP contribution in [-0.2, 0) is 17.8 Å². The SMILES string of the molecule is CCc1cc(Br)c(OCc2c(C)cccc2NC(=O)OC)cc1C. The van der Waals surface area contributed by atoms with Crippen LogP contribution in [0, 0.1) is 13.8 Å². The van der Waals surface area contributed by atoms with Crippen molar-refractivity contribution in [3.05, 3.63) is 57.1 Å². The van der Waals surface area contributed by atoms with Crippen LogP contribution in [0.15, 0.2) is 34.8 Å². The summed E-state index contributed by atoms with van der Waals surface area (Å²) in [6, 6.07) is 9.84. The van der Waals surface area contributed by atoms with Crippen molar-refractivity contribution >= 4 is 27.7 Å². The number of rotatable bonds is 5. The largest absolute Gasteiger partial charge is 0.488 e. The number of ether oxygens (including phenoxy) is 2. The second-order valence-corrected chi connectivity index (χ2v) is 6.42. The van der Waals surface area contributed by atoms with Crippen molar-refractivity contribution in [2.24, 2.45) is 0 Å². The zero-order valence-corrected chi connectivity index (χ0v) is 16.0. The van der Waals surface area contributed by atoms with E-state index in [2.05, 4.69) is 45.9 Å². The van der Waals surface area contributed by atoms with Crippen molar-refractivity contribution in [2.45, 2.75) is 33.8 Å². The van der Waals surface area contributed by atoms with Crippen LogP contribution < -0.4 is 10.1 Å². The van der Waals surface area contributed by atoms with Crippen molar-refractivity contribution in [1.82, 2.24) is 0 Å². The predicted molar refractivity (Wildman–Crippen MR) is 99.8 cm³/mol. The van der Waals surface area contributed by atoms with E-state index in [1.165, 1.54) is 18.2 Å². The number of benzene rings is 2. The Hall–Kier alpha value is -2.01. The summed E-state index contributed by atoms with van der Waals surface area (Å²) in [5, 5.41) is 2.73. The van der Waals surface area contributed by atoms with Gasteiger partial charge in [-0.3, -0.25) is 5.32 Å². The zero-order valence-electron chi connectivity index (χ0n) is 14.4. The van der Waals surface area contributed by atoms with E-state index in [9.17, 15) is 4.79 Å². The number of halogens is 1. The molecule has 0 spiro atoms. The summed E-state index contributed by atoms with van der Waals surface area (Å²) in [6.07, 6.45) is 0.488. The van der Waals surface area contributed by atoms with Gasteiger partial charge >= 0.3 is 6.09 Å². The van der Waals surface area contributed by atoms with Gasteiger partial charge in [-0.2, -0.15) is 0 Å². The van der Waals surface area contributed by atoms with E-state index >= 15 is 0 Å². The highest BCUT2D eigenvalue weighted by Gasteiger charge is 2.12. The molecule has 0 unspecified atom stereocenters. The van der Waals surface area contributed by atoms with Crippen LogP contribution in [0.25, 0.3) is 0 Å². The molecule has 0 aliphatic rings. The Labute approximate surface area is 151 Å². The molecule has 0 fully saturated rings. The molecule has 128 valence electrons. The van der Waals surface area contributed by atoms with Crippen molar-refractivity contribution in [3.63, 3.8) is 0 Å². The van der Waals surface area contributed by atoms with Gasteiger partial charge in [-0.25, -0.2) is 4.79 Å². The molecular weight excluding hydrogens is 370 g/mol. The lowest BCUT2D eigenvalue weighted by Gasteiger charge is -2.16. The first-order valence-corrected chi connectivity index (χ1v) is 8.60. The Morgan fingerprint density at radius 1 is 1.21 bits per heavy atom. The highest BCUT2D eigenvalue weighted by Crippen LogP contribution is 2.31. The average Bonchev–Trinajstić information content (AvgIpc) is 2.56. The molecule has 0 saturated heterocycles. The maximum Gasteiger partial charge on any atom is 0.411 e. The first-order chi connectivity index (χ1) is 11.5. The van der Waals surface area contributed by atoms with E-state index in [4.69, 9.17) is 4.74 Å². The molecule has 2 rings (SSSR count). The summed E-state index contributed by atoms with van der Waals surface area (Å²) in [5.74, 6) is 0.789. The first kappa shape index (κ1) is 18.3. The molecule has 0 heterocycles. The van der Waals surface area contributed by atoms with Gasteiger partial charge in [-0.1, -0.05) is 19.1 Å². The Morgan fingerprint density at radius 2 is 1.96 bits per heavy atom. The van der Waals surface area contributed by atoms with Crippen LogP contribution >= 0.6 is 15.9 Å². The highest BCUT2D eigenvalue weighted by molar-refractivity contribution is 9.10. The second kappa shape index (κ2) is 8.20. The fourth-order valence-electron chi connectivity index (χ4n) is 2.51. The molecule has 0 bridgehead atoms. The molecule has 24 heavy (non-hydrogen) atoms. The molecule has 2 aromatic carbocycles. The van der Waals surface area contributed by atoms with Crippen molar-refractivity contribution in [3.8, 4) is 5.75 Å². The average molecular weight is 392 g/mol. The number of hydrogen-bond donors (Lipinski definition) is 1. The van der Waals surface area contributed by atoms with Gasteiger partial charge < -0.3 is 9.47 Å². The molecular formula is C19H22BrNO3. The van der Waals surface area contributed by atoms with Gasteiger partial charge in [0.1, 0.15) is 12.4 Å². The lowest BCUT2D eigenvalue weighted by Crippen LogP contribution is -2.14. The third-order valence-corrected chi connectivity index (χ3v) is 4.60. The van der Waals surface area contributed by atoms with E-state index in [1.54, 1.807) is 0 Å². The molecule has 0 aliphatic carbocycles. The lowest BCUT2D eigenvalue weighted by atomic mass is 10.1. The van der Waals surface area contributed by atoms with Crippen LogP contribution in [0.4, 0.5) is 10.5 Å². The van der Waals surface area contributed by atoms with Gasteiger partial charge in [0, 0.05) is 5.56 Å². The third kappa shape index (κ3) is 4.29. The number of carbonyl (C=O) groups is 1. The molecule has 0 atom stereocenters. The van der Waals surface area contributed by atoms with Gasteiger partial charge in [-0.05, 0) is 71.1 Å². The normalized spacial score (nSPS) is 10.4. The number of nitrogens with one attached hydrogen (secondary N) is 1. The summed E-state index contributed by atoms with van der Waals surface area (Å²) in [6.45, 7) is 6.56. The van der Waals surface area contributed by atoms with Gasteiger partial charge in [0.25, 0.3) is 0 Å². The summed E-state index contributed by atoms with van der Waals surface area (Å²) >= 11 is 3.57. The van der Waals surface area contributed by atoms with E-state index in [-0.39, 0.29) is 0 Å². The third-order valence-electron chi connectivity index (χ3n) is 3.98. The summed E-state index contributed by atoms with van der Waals surface area (Å²) < 4.78 is 11.6. The zero-order chi connectivity index (χ0) is 17.7. The van der Waals surface area contributed by atoms with Gasteiger partial charge in [-0.15, -0.1) is 0 Å². The fraction of sp³-hybridized carbons (Fsp3) is 0.316. The minimum Gasteiger partial charge on any atom is -0.488 e. The molecule has 0 aromatic heterocycles. The molecule has 5 heteroatoms. The molecule has 0 aliphatic heterocycles. The van der Waals surface area contributed by atoms with Crippen molar-refractivity contribution < 1.29 is 14.3 Å². The minimum atomic E-state index is -0.494. The number of methoxy groups -OCH3 is 1. The van der Waals surface area contributed by atoms with Crippen LogP contribution in [0.5, 0.6) is 5.75 Å². The fourth-order valence-corrected chi connectivity index (χ4v) is 3.01. The topological polar surface area (TPSA) is 47.6 Å². The van der Waals surface area contributed by atoms with Crippen LogP contribution in [0.1, 0.15) is 29.2 Å². The number of aryl methyl sites for hydroxylation is 3. The summed E-state index contributed by atoms with van der Waals surface area (Å²) in [5.41, 5.74) is 5.15. The number of anilines is 1. The van der Waals surface area contributed by atoms with E-state index in [0.29, 0.717) is 12.3 Å².